The number of aromatic nitrogens is 3. The fourth-order valence-corrected chi connectivity index (χ4v) is 3.99. The Morgan fingerprint density at radius 2 is 2.00 bits per heavy atom. The summed E-state index contributed by atoms with van der Waals surface area (Å²) in [6.45, 7) is 2.88. The van der Waals surface area contributed by atoms with E-state index in [1.165, 1.54) is 7.11 Å². The molecule has 9 heteroatoms. The molecule has 0 spiro atoms. The van der Waals surface area contributed by atoms with Crippen molar-refractivity contribution >= 4 is 39.0 Å². The SMILES string of the molecule is COC(=O)c1nc(N2CCN(c3cccnc3C#N)CC2)c2sccc2n1. The quantitative estimate of drug-likeness (QED) is 0.637. The van der Waals surface area contributed by atoms with Gasteiger partial charge < -0.3 is 14.5 Å². The number of methoxy groups -OCH3 is 1. The minimum Gasteiger partial charge on any atom is -0.463 e. The summed E-state index contributed by atoms with van der Waals surface area (Å²) in [4.78, 5) is 29.1. The first kappa shape index (κ1) is 17.2. The van der Waals surface area contributed by atoms with E-state index in [1.807, 2.05) is 23.6 Å². The second-order valence-electron chi connectivity index (χ2n) is 5.95. The Balaban J connectivity index is 1.61. The molecule has 1 aliphatic heterocycles. The summed E-state index contributed by atoms with van der Waals surface area (Å²) < 4.78 is 5.73. The zero-order valence-electron chi connectivity index (χ0n) is 14.6. The summed E-state index contributed by atoms with van der Waals surface area (Å²) in [6, 6.07) is 7.78. The molecule has 3 aromatic rings. The van der Waals surface area contributed by atoms with Crippen molar-refractivity contribution in [3.8, 4) is 6.07 Å². The van der Waals surface area contributed by atoms with E-state index in [2.05, 4.69) is 30.8 Å². The number of hydrogen-bond donors (Lipinski definition) is 0. The van der Waals surface area contributed by atoms with Crippen LogP contribution in [0.2, 0.25) is 0 Å². The summed E-state index contributed by atoms with van der Waals surface area (Å²) >= 11 is 1.55. The molecule has 27 heavy (non-hydrogen) atoms. The van der Waals surface area contributed by atoms with Crippen LogP contribution < -0.4 is 9.80 Å². The van der Waals surface area contributed by atoms with E-state index < -0.39 is 5.97 Å². The predicted molar refractivity (Wildman–Crippen MR) is 102 cm³/mol. The molecule has 0 bridgehead atoms. The van der Waals surface area contributed by atoms with Crippen molar-refractivity contribution in [3.63, 3.8) is 0 Å². The molecule has 0 aromatic carbocycles. The first-order valence-corrected chi connectivity index (χ1v) is 9.28. The van der Waals surface area contributed by atoms with Crippen molar-refractivity contribution in [2.45, 2.75) is 0 Å². The third-order valence-electron chi connectivity index (χ3n) is 4.47. The van der Waals surface area contributed by atoms with E-state index in [-0.39, 0.29) is 5.82 Å². The van der Waals surface area contributed by atoms with Gasteiger partial charge >= 0.3 is 5.97 Å². The number of pyridine rings is 1. The topological polar surface area (TPSA) is 95.2 Å². The summed E-state index contributed by atoms with van der Waals surface area (Å²) in [6.07, 6.45) is 1.63. The largest absolute Gasteiger partial charge is 0.463 e. The van der Waals surface area contributed by atoms with Crippen LogP contribution in [0.5, 0.6) is 0 Å². The molecule has 0 N–H and O–H groups in total. The van der Waals surface area contributed by atoms with Gasteiger partial charge in [-0.1, -0.05) is 0 Å². The van der Waals surface area contributed by atoms with Gasteiger partial charge in [-0.2, -0.15) is 5.26 Å². The molecule has 8 nitrogen and oxygen atoms in total. The van der Waals surface area contributed by atoms with Crippen LogP contribution in [-0.2, 0) is 4.74 Å². The van der Waals surface area contributed by atoms with E-state index in [9.17, 15) is 10.1 Å². The van der Waals surface area contributed by atoms with Gasteiger partial charge in [0.25, 0.3) is 0 Å². The highest BCUT2D eigenvalue weighted by Gasteiger charge is 2.24. The van der Waals surface area contributed by atoms with E-state index in [0.29, 0.717) is 18.8 Å². The summed E-state index contributed by atoms with van der Waals surface area (Å²) in [5.41, 5.74) is 2.02. The minimum absolute atomic E-state index is 0.0693. The Kier molecular flexibility index (Phi) is 4.56. The Hall–Kier alpha value is -3.25. The highest BCUT2D eigenvalue weighted by Crippen LogP contribution is 2.30. The minimum atomic E-state index is -0.544. The van der Waals surface area contributed by atoms with Gasteiger partial charge in [-0.25, -0.2) is 19.7 Å². The number of carbonyl (C=O) groups is 1. The second-order valence-corrected chi connectivity index (χ2v) is 6.87. The average molecular weight is 380 g/mol. The van der Waals surface area contributed by atoms with Crippen LogP contribution >= 0.6 is 11.3 Å². The smallest absolute Gasteiger partial charge is 0.376 e. The maximum absolute atomic E-state index is 11.9. The predicted octanol–water partition coefficient (Wildman–Crippen LogP) is 2.07. The first-order chi connectivity index (χ1) is 13.2. The Morgan fingerprint density at radius 1 is 1.22 bits per heavy atom. The molecule has 4 rings (SSSR count). The van der Waals surface area contributed by atoms with Crippen LogP contribution in [-0.4, -0.2) is 54.2 Å². The Morgan fingerprint density at radius 3 is 2.74 bits per heavy atom. The number of esters is 1. The molecule has 0 radical (unpaired) electrons. The number of fused-ring (bicyclic) bond motifs is 1. The summed E-state index contributed by atoms with van der Waals surface area (Å²) in [5.74, 6) is 0.276. The maximum atomic E-state index is 11.9. The van der Waals surface area contributed by atoms with Crippen LogP contribution in [0.15, 0.2) is 29.8 Å². The molecule has 0 saturated carbocycles. The van der Waals surface area contributed by atoms with Gasteiger partial charge in [0.2, 0.25) is 5.82 Å². The normalized spacial score (nSPS) is 14.2. The Labute approximate surface area is 159 Å². The molecule has 0 aliphatic carbocycles. The number of ether oxygens (including phenoxy) is 1. The molecule has 1 saturated heterocycles. The lowest BCUT2D eigenvalue weighted by Crippen LogP contribution is -2.47. The third-order valence-corrected chi connectivity index (χ3v) is 5.37. The second kappa shape index (κ2) is 7.17. The summed E-state index contributed by atoms with van der Waals surface area (Å²) in [7, 11) is 1.32. The third kappa shape index (κ3) is 3.15. The maximum Gasteiger partial charge on any atom is 0.376 e. The zero-order valence-corrected chi connectivity index (χ0v) is 15.4. The monoisotopic (exact) mass is 380 g/mol. The number of thiophene rings is 1. The van der Waals surface area contributed by atoms with E-state index in [0.717, 1.165) is 34.8 Å². The van der Waals surface area contributed by atoms with Gasteiger partial charge in [0.05, 0.1) is 23.0 Å². The number of hydrogen-bond acceptors (Lipinski definition) is 9. The first-order valence-electron chi connectivity index (χ1n) is 8.40. The van der Waals surface area contributed by atoms with Crippen LogP contribution in [0.3, 0.4) is 0 Å². The molecule has 0 unspecified atom stereocenters. The van der Waals surface area contributed by atoms with Crippen LogP contribution in [0, 0.1) is 11.3 Å². The number of anilines is 2. The standard InChI is InChI=1S/C18H16N6O2S/c1-26-18(25)16-21-12-4-10-27-15(12)17(22-16)24-8-6-23(7-9-24)14-3-2-5-20-13(14)11-19/h2-5,10H,6-9H2,1H3. The Bertz CT molecular complexity index is 1040. The van der Waals surface area contributed by atoms with Crippen molar-refractivity contribution < 1.29 is 9.53 Å². The van der Waals surface area contributed by atoms with Crippen molar-refractivity contribution in [1.29, 1.82) is 5.26 Å². The lowest BCUT2D eigenvalue weighted by atomic mass is 10.2. The van der Waals surface area contributed by atoms with E-state index in [1.54, 1.807) is 17.5 Å². The highest BCUT2D eigenvalue weighted by molar-refractivity contribution is 7.17. The highest BCUT2D eigenvalue weighted by atomic mass is 32.1. The molecule has 0 atom stereocenters. The molecule has 1 fully saturated rings. The van der Waals surface area contributed by atoms with Gasteiger partial charge in [-0.3, -0.25) is 0 Å². The number of piperazine rings is 1. The lowest BCUT2D eigenvalue weighted by molar-refractivity contribution is 0.0587. The fourth-order valence-electron chi connectivity index (χ4n) is 3.14. The summed E-state index contributed by atoms with van der Waals surface area (Å²) in [5, 5.41) is 11.2. The molecular weight excluding hydrogens is 364 g/mol. The van der Waals surface area contributed by atoms with Crippen molar-refractivity contribution in [2.75, 3.05) is 43.1 Å². The zero-order chi connectivity index (χ0) is 18.8. The molecule has 3 aromatic heterocycles. The van der Waals surface area contributed by atoms with Gasteiger partial charge in [-0.15, -0.1) is 11.3 Å². The van der Waals surface area contributed by atoms with E-state index >= 15 is 0 Å². The number of carbonyl (C=O) groups excluding carboxylic acids is 1. The van der Waals surface area contributed by atoms with Crippen molar-refractivity contribution in [3.05, 3.63) is 41.3 Å². The molecule has 1 aliphatic rings. The number of rotatable bonds is 3. The number of nitrogens with zero attached hydrogens (tertiary/aromatic N) is 6. The molecule has 136 valence electrons. The van der Waals surface area contributed by atoms with Gasteiger partial charge in [0.15, 0.2) is 11.5 Å². The molecular formula is C18H16N6O2S. The van der Waals surface area contributed by atoms with Crippen LogP contribution in [0.4, 0.5) is 11.5 Å². The molecule has 4 heterocycles. The lowest BCUT2D eigenvalue weighted by Gasteiger charge is -2.37. The fraction of sp³-hybridized carbons (Fsp3) is 0.278. The van der Waals surface area contributed by atoms with Gasteiger partial charge in [0.1, 0.15) is 6.07 Å². The van der Waals surface area contributed by atoms with Gasteiger partial charge in [-0.05, 0) is 23.6 Å². The van der Waals surface area contributed by atoms with Crippen LogP contribution in [0.25, 0.3) is 10.2 Å². The van der Waals surface area contributed by atoms with Crippen LogP contribution in [0.1, 0.15) is 16.3 Å². The van der Waals surface area contributed by atoms with Crippen molar-refractivity contribution in [1.82, 2.24) is 15.0 Å². The average Bonchev–Trinajstić information content (AvgIpc) is 3.21. The molecule has 0 amide bonds. The number of nitriles is 1. The van der Waals surface area contributed by atoms with E-state index in [4.69, 9.17) is 4.74 Å². The van der Waals surface area contributed by atoms with Gasteiger partial charge in [0, 0.05) is 32.4 Å². The van der Waals surface area contributed by atoms with Crippen molar-refractivity contribution in [2.24, 2.45) is 0 Å².